The molecule has 0 spiro atoms. The maximum atomic E-state index is 13.7. The molecule has 1 fully saturated rings. The van der Waals surface area contributed by atoms with Gasteiger partial charge in [-0.2, -0.15) is 9.40 Å². The minimum atomic E-state index is -3.77. The number of sulfonamides is 1. The fraction of sp³-hybridized carbons (Fsp3) is 0.222. The third-order valence-corrected chi connectivity index (χ3v) is 8.23. The van der Waals surface area contributed by atoms with Crippen LogP contribution >= 0.6 is 11.6 Å². The van der Waals surface area contributed by atoms with Gasteiger partial charge in [0, 0.05) is 17.6 Å². The highest BCUT2D eigenvalue weighted by atomic mass is 35.5. The van der Waals surface area contributed by atoms with Crippen molar-refractivity contribution in [2.24, 2.45) is 0 Å². The smallest absolute Gasteiger partial charge is 0.243 e. The molecule has 1 saturated carbocycles. The lowest BCUT2D eigenvalue weighted by Crippen LogP contribution is -2.33. The van der Waals surface area contributed by atoms with Gasteiger partial charge in [-0.15, -0.1) is 0 Å². The van der Waals surface area contributed by atoms with Crippen LogP contribution in [0.5, 0.6) is 17.4 Å². The normalized spacial score (nSPS) is 13.7. The number of hydrogen-bond acceptors (Lipinski definition) is 5. The van der Waals surface area contributed by atoms with E-state index in [0.717, 1.165) is 18.5 Å². The van der Waals surface area contributed by atoms with E-state index in [1.54, 1.807) is 52.5 Å². The molecule has 0 N–H and O–H groups in total. The molecule has 0 saturated heterocycles. The number of methoxy groups -OCH3 is 1. The van der Waals surface area contributed by atoms with Gasteiger partial charge >= 0.3 is 0 Å². The summed E-state index contributed by atoms with van der Waals surface area (Å²) in [6, 6.07) is 23.1. The van der Waals surface area contributed by atoms with Crippen LogP contribution in [0.3, 0.4) is 0 Å². The van der Waals surface area contributed by atoms with Crippen LogP contribution in [0.25, 0.3) is 5.69 Å². The molecule has 36 heavy (non-hydrogen) atoms. The number of rotatable bonds is 9. The molecule has 1 heterocycles. The Morgan fingerprint density at radius 1 is 1.00 bits per heavy atom. The molecule has 1 aromatic heterocycles. The van der Waals surface area contributed by atoms with E-state index in [2.05, 4.69) is 0 Å². The summed E-state index contributed by atoms with van der Waals surface area (Å²) >= 11 is 6.26. The summed E-state index contributed by atoms with van der Waals surface area (Å²) in [5.74, 6) is 1.68. The van der Waals surface area contributed by atoms with Crippen LogP contribution in [0.4, 0.5) is 0 Å². The molecule has 0 unspecified atom stereocenters. The van der Waals surface area contributed by atoms with Crippen LogP contribution in [0.15, 0.2) is 83.8 Å². The van der Waals surface area contributed by atoms with Gasteiger partial charge in [0.2, 0.25) is 15.9 Å². The van der Waals surface area contributed by atoms with Crippen molar-refractivity contribution in [1.82, 2.24) is 14.1 Å². The topological polar surface area (TPSA) is 73.7 Å². The maximum Gasteiger partial charge on any atom is 0.243 e. The first-order chi connectivity index (χ1) is 17.4. The molecular formula is C27H26ClN3O4S. The van der Waals surface area contributed by atoms with Crippen LogP contribution in [0, 0.1) is 6.92 Å². The molecular weight excluding hydrogens is 498 g/mol. The lowest BCUT2D eigenvalue weighted by atomic mass is 10.2. The highest BCUT2D eigenvalue weighted by molar-refractivity contribution is 7.89. The van der Waals surface area contributed by atoms with Crippen molar-refractivity contribution in [3.8, 4) is 23.1 Å². The second-order valence-corrected chi connectivity index (χ2v) is 11.0. The Morgan fingerprint density at radius 2 is 1.72 bits per heavy atom. The molecule has 4 aromatic rings. The van der Waals surface area contributed by atoms with Crippen LogP contribution < -0.4 is 9.47 Å². The number of aromatic nitrogens is 2. The number of nitrogens with zero attached hydrogens (tertiary/aromatic N) is 3. The van der Waals surface area contributed by atoms with E-state index in [9.17, 15) is 8.42 Å². The number of benzene rings is 3. The minimum absolute atomic E-state index is 0.0735. The molecule has 0 aliphatic heterocycles. The molecule has 7 nitrogen and oxygen atoms in total. The predicted molar refractivity (Wildman–Crippen MR) is 139 cm³/mol. The summed E-state index contributed by atoms with van der Waals surface area (Å²) < 4.78 is 42.2. The van der Waals surface area contributed by atoms with Gasteiger partial charge in [0.05, 0.1) is 29.0 Å². The molecule has 0 bridgehead atoms. The zero-order chi connectivity index (χ0) is 25.3. The molecule has 9 heteroatoms. The van der Waals surface area contributed by atoms with Crippen molar-refractivity contribution in [1.29, 1.82) is 0 Å². The van der Waals surface area contributed by atoms with E-state index in [1.165, 1.54) is 0 Å². The first-order valence-electron chi connectivity index (χ1n) is 11.6. The van der Waals surface area contributed by atoms with Gasteiger partial charge in [0.25, 0.3) is 0 Å². The lowest BCUT2D eigenvalue weighted by Gasteiger charge is -2.22. The Kier molecular flexibility index (Phi) is 6.75. The Balaban J connectivity index is 1.58. The van der Waals surface area contributed by atoms with Crippen molar-refractivity contribution in [2.75, 3.05) is 7.11 Å². The first-order valence-corrected chi connectivity index (χ1v) is 13.4. The van der Waals surface area contributed by atoms with Gasteiger partial charge in [-0.25, -0.2) is 13.1 Å². The Labute approximate surface area is 215 Å². The minimum Gasteiger partial charge on any atom is -0.497 e. The Morgan fingerprint density at radius 3 is 2.36 bits per heavy atom. The summed E-state index contributed by atoms with van der Waals surface area (Å²) in [6.45, 7) is 1.99. The molecule has 1 aliphatic rings. The van der Waals surface area contributed by atoms with Crippen LogP contribution in [-0.2, 0) is 16.6 Å². The molecule has 186 valence electrons. The zero-order valence-electron chi connectivity index (χ0n) is 20.0. The molecule has 0 amide bonds. The van der Waals surface area contributed by atoms with E-state index in [4.69, 9.17) is 26.2 Å². The van der Waals surface area contributed by atoms with Crippen LogP contribution in [-0.4, -0.2) is 35.7 Å². The van der Waals surface area contributed by atoms with Gasteiger partial charge < -0.3 is 9.47 Å². The van der Waals surface area contributed by atoms with E-state index in [0.29, 0.717) is 33.7 Å². The lowest BCUT2D eigenvalue weighted by molar-refractivity contribution is 0.383. The number of aryl methyl sites for hydroxylation is 1. The van der Waals surface area contributed by atoms with Crippen molar-refractivity contribution in [3.63, 3.8) is 0 Å². The monoisotopic (exact) mass is 523 g/mol. The maximum absolute atomic E-state index is 13.7. The van der Waals surface area contributed by atoms with Crippen molar-refractivity contribution >= 4 is 21.6 Å². The van der Waals surface area contributed by atoms with E-state index >= 15 is 0 Å². The summed E-state index contributed by atoms with van der Waals surface area (Å²) in [6.07, 6.45) is 1.62. The number of ether oxygens (including phenoxy) is 2. The van der Waals surface area contributed by atoms with Crippen molar-refractivity contribution in [3.05, 3.63) is 95.1 Å². The summed E-state index contributed by atoms with van der Waals surface area (Å²) in [4.78, 5) is 0.223. The average molecular weight is 524 g/mol. The molecule has 0 atom stereocenters. The first kappa shape index (κ1) is 24.4. The van der Waals surface area contributed by atoms with Crippen LogP contribution in [0.1, 0.15) is 24.1 Å². The summed E-state index contributed by atoms with van der Waals surface area (Å²) in [5, 5.41) is 5.29. The standard InChI is InChI=1S/C27H26ClN3O4S/c1-19-26(18-30(21-11-12-21)36(32,33)25-15-13-23(34-2)14-16-25)27(35-24-9-4-3-5-10-24)31(29-19)22-8-6-7-20(28)17-22/h3-10,13-17,21H,11-12,18H2,1-2H3. The zero-order valence-corrected chi connectivity index (χ0v) is 21.5. The second-order valence-electron chi connectivity index (χ2n) is 8.63. The highest BCUT2D eigenvalue weighted by Crippen LogP contribution is 2.38. The third-order valence-electron chi connectivity index (χ3n) is 6.08. The number of para-hydroxylation sites is 1. The van der Waals surface area contributed by atoms with E-state index in [1.807, 2.05) is 49.4 Å². The molecule has 5 rings (SSSR count). The highest BCUT2D eigenvalue weighted by Gasteiger charge is 2.39. The molecule has 1 aliphatic carbocycles. The number of halogens is 1. The van der Waals surface area contributed by atoms with E-state index < -0.39 is 10.0 Å². The van der Waals surface area contributed by atoms with Gasteiger partial charge in [0.15, 0.2) is 0 Å². The Hall–Kier alpha value is -3.33. The Bertz CT molecular complexity index is 1470. The molecule has 3 aromatic carbocycles. The SMILES string of the molecule is COc1ccc(S(=O)(=O)N(Cc2c(C)nn(-c3cccc(Cl)c3)c2Oc2ccccc2)C2CC2)cc1. The summed E-state index contributed by atoms with van der Waals surface area (Å²) in [5.41, 5.74) is 2.10. The largest absolute Gasteiger partial charge is 0.497 e. The van der Waals surface area contributed by atoms with Gasteiger partial charge in [-0.3, -0.25) is 0 Å². The predicted octanol–water partition coefficient (Wildman–Crippen LogP) is 5.99. The fourth-order valence-corrected chi connectivity index (χ4v) is 5.86. The molecule has 0 radical (unpaired) electrons. The van der Waals surface area contributed by atoms with Crippen LogP contribution in [0.2, 0.25) is 5.02 Å². The second kappa shape index (κ2) is 9.97. The van der Waals surface area contributed by atoms with Gasteiger partial charge in [-0.05, 0) is 74.4 Å². The third kappa shape index (κ3) is 4.97. The van der Waals surface area contributed by atoms with Crippen molar-refractivity contribution < 1.29 is 17.9 Å². The fourth-order valence-electron chi connectivity index (χ4n) is 4.02. The number of hydrogen-bond donors (Lipinski definition) is 0. The average Bonchev–Trinajstić information content (AvgIpc) is 3.68. The summed E-state index contributed by atoms with van der Waals surface area (Å²) in [7, 11) is -2.22. The quantitative estimate of drug-likeness (QED) is 0.269. The van der Waals surface area contributed by atoms with E-state index in [-0.39, 0.29) is 17.5 Å². The van der Waals surface area contributed by atoms with Gasteiger partial charge in [-0.1, -0.05) is 35.9 Å². The van der Waals surface area contributed by atoms with Gasteiger partial charge in [0.1, 0.15) is 11.5 Å². The van der Waals surface area contributed by atoms with Crippen molar-refractivity contribution in [2.45, 2.75) is 37.2 Å².